The Labute approximate surface area is 105 Å². The minimum absolute atomic E-state index is 0.249. The van der Waals surface area contributed by atoms with E-state index in [9.17, 15) is 4.39 Å². The third-order valence-corrected chi connectivity index (χ3v) is 2.61. The Morgan fingerprint density at radius 1 is 1.11 bits per heavy atom. The number of nitrogens with two attached hydrogens (primary N) is 1. The summed E-state index contributed by atoms with van der Waals surface area (Å²) in [7, 11) is 0. The minimum atomic E-state index is -0.285. The van der Waals surface area contributed by atoms with Crippen molar-refractivity contribution in [2.45, 2.75) is 6.04 Å². The molecule has 18 heavy (non-hydrogen) atoms. The first-order chi connectivity index (χ1) is 8.79. The summed E-state index contributed by atoms with van der Waals surface area (Å²) in [4.78, 5) is 0. The van der Waals surface area contributed by atoms with Crippen molar-refractivity contribution in [1.82, 2.24) is 5.43 Å². The van der Waals surface area contributed by atoms with Gasteiger partial charge in [-0.05, 0) is 29.8 Å². The molecule has 0 spiro atoms. The largest absolute Gasteiger partial charge is 0.492 e. The molecule has 1 unspecified atom stereocenters. The van der Waals surface area contributed by atoms with Gasteiger partial charge in [-0.1, -0.05) is 30.3 Å². The maximum Gasteiger partial charge on any atom is 0.123 e. The summed E-state index contributed by atoms with van der Waals surface area (Å²) in [6.07, 6.45) is 0. The molecule has 0 saturated carbocycles. The first-order valence-corrected chi connectivity index (χ1v) is 5.69. The highest BCUT2D eigenvalue weighted by Crippen LogP contribution is 2.16. The molecule has 0 amide bonds. The zero-order chi connectivity index (χ0) is 12.8. The fourth-order valence-electron chi connectivity index (χ4n) is 1.66. The zero-order valence-corrected chi connectivity index (χ0v) is 9.84. The van der Waals surface area contributed by atoms with Crippen molar-refractivity contribution in [3.63, 3.8) is 0 Å². The molecule has 0 heterocycles. The number of para-hydroxylation sites is 1. The van der Waals surface area contributed by atoms with Gasteiger partial charge in [-0.25, -0.2) is 9.82 Å². The maximum atomic E-state index is 13.1. The Hall–Kier alpha value is -1.91. The second-order valence-electron chi connectivity index (χ2n) is 3.90. The van der Waals surface area contributed by atoms with Gasteiger partial charge in [0.05, 0.1) is 6.04 Å². The van der Waals surface area contributed by atoms with Gasteiger partial charge in [-0.15, -0.1) is 0 Å². The fraction of sp³-hybridized carbons (Fsp3) is 0.143. The van der Waals surface area contributed by atoms with E-state index < -0.39 is 0 Å². The summed E-state index contributed by atoms with van der Waals surface area (Å²) >= 11 is 0. The Bertz CT molecular complexity index is 490. The monoisotopic (exact) mass is 246 g/mol. The summed E-state index contributed by atoms with van der Waals surface area (Å²) in [5.41, 5.74) is 3.38. The lowest BCUT2D eigenvalue weighted by atomic mass is 10.1. The van der Waals surface area contributed by atoms with E-state index in [1.807, 2.05) is 36.4 Å². The van der Waals surface area contributed by atoms with Crippen LogP contribution in [0.5, 0.6) is 5.75 Å². The van der Waals surface area contributed by atoms with Crippen LogP contribution < -0.4 is 16.0 Å². The number of hydrazine groups is 1. The molecule has 0 radical (unpaired) electrons. The van der Waals surface area contributed by atoms with Crippen LogP contribution in [0, 0.1) is 5.82 Å². The van der Waals surface area contributed by atoms with E-state index in [0.717, 1.165) is 11.3 Å². The molecular formula is C14H15FN2O. The van der Waals surface area contributed by atoms with Crippen molar-refractivity contribution >= 4 is 0 Å². The van der Waals surface area contributed by atoms with Crippen LogP contribution in [0.25, 0.3) is 0 Å². The van der Waals surface area contributed by atoms with Gasteiger partial charge in [0, 0.05) is 0 Å². The molecule has 2 rings (SSSR count). The van der Waals surface area contributed by atoms with Crippen molar-refractivity contribution in [3.8, 4) is 5.75 Å². The van der Waals surface area contributed by atoms with Gasteiger partial charge >= 0.3 is 0 Å². The standard InChI is InChI=1S/C14H15FN2O/c15-12-6-4-5-11(9-12)14(17-16)10-18-13-7-2-1-3-8-13/h1-9,14,17H,10,16H2. The maximum absolute atomic E-state index is 13.1. The molecule has 0 fully saturated rings. The van der Waals surface area contributed by atoms with E-state index in [-0.39, 0.29) is 11.9 Å². The SMILES string of the molecule is NNC(COc1ccccc1)c1cccc(F)c1. The normalized spacial score (nSPS) is 12.1. The first-order valence-electron chi connectivity index (χ1n) is 5.69. The second-order valence-corrected chi connectivity index (χ2v) is 3.90. The number of ether oxygens (including phenoxy) is 1. The molecule has 2 aromatic rings. The average Bonchev–Trinajstić information content (AvgIpc) is 2.41. The van der Waals surface area contributed by atoms with Crippen molar-refractivity contribution in [3.05, 3.63) is 66.0 Å². The third kappa shape index (κ3) is 3.29. The topological polar surface area (TPSA) is 47.3 Å². The fourth-order valence-corrected chi connectivity index (χ4v) is 1.66. The van der Waals surface area contributed by atoms with Gasteiger partial charge < -0.3 is 4.74 Å². The summed E-state index contributed by atoms with van der Waals surface area (Å²) < 4.78 is 18.7. The van der Waals surface area contributed by atoms with E-state index in [1.165, 1.54) is 12.1 Å². The minimum Gasteiger partial charge on any atom is -0.492 e. The molecular weight excluding hydrogens is 231 g/mol. The summed E-state index contributed by atoms with van der Waals surface area (Å²) in [6.45, 7) is 0.337. The highest BCUT2D eigenvalue weighted by Gasteiger charge is 2.11. The molecule has 4 heteroatoms. The molecule has 2 aromatic carbocycles. The molecule has 3 N–H and O–H groups in total. The molecule has 1 atom stereocenters. The third-order valence-electron chi connectivity index (χ3n) is 2.61. The summed E-state index contributed by atoms with van der Waals surface area (Å²) in [6, 6.07) is 15.5. The van der Waals surface area contributed by atoms with Crippen LogP contribution in [0.1, 0.15) is 11.6 Å². The van der Waals surface area contributed by atoms with E-state index in [0.29, 0.717) is 6.61 Å². The molecule has 3 nitrogen and oxygen atoms in total. The Morgan fingerprint density at radius 2 is 1.89 bits per heavy atom. The lowest BCUT2D eigenvalue weighted by Crippen LogP contribution is -2.32. The molecule has 0 aliphatic heterocycles. The van der Waals surface area contributed by atoms with Gasteiger partial charge in [0.2, 0.25) is 0 Å². The van der Waals surface area contributed by atoms with Gasteiger partial charge in [-0.3, -0.25) is 5.84 Å². The van der Waals surface area contributed by atoms with Crippen LogP contribution in [0.4, 0.5) is 4.39 Å². The highest BCUT2D eigenvalue weighted by molar-refractivity contribution is 5.23. The predicted molar refractivity (Wildman–Crippen MR) is 68.4 cm³/mol. The molecule has 0 aliphatic carbocycles. The van der Waals surface area contributed by atoms with Crippen molar-refractivity contribution in [1.29, 1.82) is 0 Å². The van der Waals surface area contributed by atoms with Crippen LogP contribution >= 0.6 is 0 Å². The second kappa shape index (κ2) is 6.14. The van der Waals surface area contributed by atoms with Gasteiger partial charge in [0.1, 0.15) is 18.2 Å². The van der Waals surface area contributed by atoms with Gasteiger partial charge in [0.15, 0.2) is 0 Å². The lowest BCUT2D eigenvalue weighted by molar-refractivity contribution is 0.267. The molecule has 0 saturated heterocycles. The predicted octanol–water partition coefficient (Wildman–Crippen LogP) is 2.41. The van der Waals surface area contributed by atoms with E-state index in [1.54, 1.807) is 6.07 Å². The van der Waals surface area contributed by atoms with Crippen molar-refractivity contribution in [2.75, 3.05) is 6.61 Å². The van der Waals surface area contributed by atoms with E-state index in [4.69, 9.17) is 10.6 Å². The number of halogens is 1. The number of benzene rings is 2. The van der Waals surface area contributed by atoms with E-state index in [2.05, 4.69) is 5.43 Å². The Morgan fingerprint density at radius 3 is 2.56 bits per heavy atom. The zero-order valence-electron chi connectivity index (χ0n) is 9.84. The highest BCUT2D eigenvalue weighted by atomic mass is 19.1. The Kier molecular flexibility index (Phi) is 4.28. The molecule has 0 bridgehead atoms. The smallest absolute Gasteiger partial charge is 0.123 e. The van der Waals surface area contributed by atoms with Crippen LogP contribution in [-0.2, 0) is 0 Å². The van der Waals surface area contributed by atoms with Crippen LogP contribution in [0.15, 0.2) is 54.6 Å². The Balaban J connectivity index is 2.02. The summed E-state index contributed by atoms with van der Waals surface area (Å²) in [5.74, 6) is 5.94. The van der Waals surface area contributed by atoms with Crippen molar-refractivity contribution in [2.24, 2.45) is 5.84 Å². The van der Waals surface area contributed by atoms with Crippen LogP contribution in [0.3, 0.4) is 0 Å². The average molecular weight is 246 g/mol. The van der Waals surface area contributed by atoms with E-state index >= 15 is 0 Å². The van der Waals surface area contributed by atoms with Gasteiger partial charge in [-0.2, -0.15) is 0 Å². The quantitative estimate of drug-likeness (QED) is 0.629. The van der Waals surface area contributed by atoms with Crippen LogP contribution in [-0.4, -0.2) is 6.61 Å². The number of nitrogens with one attached hydrogen (secondary N) is 1. The molecule has 94 valence electrons. The molecule has 0 aliphatic rings. The van der Waals surface area contributed by atoms with Gasteiger partial charge in [0.25, 0.3) is 0 Å². The van der Waals surface area contributed by atoms with Crippen molar-refractivity contribution < 1.29 is 9.13 Å². The number of rotatable bonds is 5. The first kappa shape index (κ1) is 12.5. The number of hydrogen-bond acceptors (Lipinski definition) is 3. The molecule has 0 aromatic heterocycles. The van der Waals surface area contributed by atoms with Crippen LogP contribution in [0.2, 0.25) is 0 Å². The lowest BCUT2D eigenvalue weighted by Gasteiger charge is -2.17. The summed E-state index contributed by atoms with van der Waals surface area (Å²) in [5, 5.41) is 0. The number of hydrogen-bond donors (Lipinski definition) is 2.